The maximum Gasteiger partial charge on any atom is 0.136 e. The van der Waals surface area contributed by atoms with E-state index in [0.29, 0.717) is 18.2 Å². The highest BCUT2D eigenvalue weighted by Gasteiger charge is 2.13. The molecule has 4 heteroatoms. The Kier molecular flexibility index (Phi) is 8.33. The van der Waals surface area contributed by atoms with E-state index in [2.05, 4.69) is 6.92 Å². The molecule has 1 unspecified atom stereocenters. The third kappa shape index (κ3) is 6.00. The van der Waals surface area contributed by atoms with E-state index in [9.17, 15) is 0 Å². The van der Waals surface area contributed by atoms with Crippen LogP contribution in [-0.2, 0) is 9.47 Å². The van der Waals surface area contributed by atoms with Gasteiger partial charge in [0.1, 0.15) is 15.4 Å². The van der Waals surface area contributed by atoms with Gasteiger partial charge in [-0.2, -0.15) is 0 Å². The van der Waals surface area contributed by atoms with E-state index >= 15 is 0 Å². The first kappa shape index (κ1) is 12.4. The second-order valence-corrected chi connectivity index (χ2v) is 5.84. The summed E-state index contributed by atoms with van der Waals surface area (Å²) in [5.74, 6) is 0.0162. The van der Waals surface area contributed by atoms with E-state index in [1.165, 1.54) is 0 Å². The molecule has 0 bridgehead atoms. The van der Waals surface area contributed by atoms with Gasteiger partial charge in [0, 0.05) is 18.2 Å². The lowest BCUT2D eigenvalue weighted by Gasteiger charge is -2.18. The summed E-state index contributed by atoms with van der Waals surface area (Å²) in [6, 6.07) is 0. The highest BCUT2D eigenvalue weighted by Crippen LogP contribution is 2.04. The molecule has 2 nitrogen and oxygen atoms in total. The lowest BCUT2D eigenvalue weighted by molar-refractivity contribution is -0.0829. The van der Waals surface area contributed by atoms with Crippen LogP contribution in [0, 0.1) is 0 Å². The highest BCUT2D eigenvalue weighted by atomic mass is 35.5. The van der Waals surface area contributed by atoms with Gasteiger partial charge in [-0.1, -0.05) is 6.92 Å². The molecule has 0 spiro atoms. The molecule has 0 heterocycles. The van der Waals surface area contributed by atoms with Gasteiger partial charge in [0.15, 0.2) is 0 Å². The number of alkyl halides is 1. The molecular formula is C8H19ClO2Si. The van der Waals surface area contributed by atoms with Crippen LogP contribution in [0.25, 0.3) is 0 Å². The van der Waals surface area contributed by atoms with Gasteiger partial charge >= 0.3 is 0 Å². The number of hydrogen-bond acceptors (Lipinski definition) is 2. The van der Waals surface area contributed by atoms with Crippen molar-refractivity contribution < 1.29 is 9.47 Å². The van der Waals surface area contributed by atoms with Crippen LogP contribution in [0.1, 0.15) is 27.2 Å². The molecular weight excluding hydrogens is 192 g/mol. The summed E-state index contributed by atoms with van der Waals surface area (Å²) in [5, 5.41) is 0.299. The molecule has 0 N–H and O–H groups in total. The summed E-state index contributed by atoms with van der Waals surface area (Å²) in [6.07, 6.45) is 1.02. The molecule has 0 aromatic carbocycles. The number of ether oxygens (including phenoxy) is 2. The van der Waals surface area contributed by atoms with Gasteiger partial charge in [-0.25, -0.2) is 0 Å². The first-order valence-corrected chi connectivity index (χ1v) is 6.68. The van der Waals surface area contributed by atoms with Gasteiger partial charge in [-0.15, -0.1) is 11.6 Å². The van der Waals surface area contributed by atoms with Crippen molar-refractivity contribution in [3.63, 3.8) is 0 Å². The molecule has 0 rings (SSSR count). The summed E-state index contributed by atoms with van der Waals surface area (Å²) in [5.41, 5.74) is 0. The van der Waals surface area contributed by atoms with Gasteiger partial charge in [0.05, 0.1) is 0 Å². The summed E-state index contributed by atoms with van der Waals surface area (Å²) in [4.78, 5) is 0. The fourth-order valence-corrected chi connectivity index (χ4v) is 2.86. The summed E-state index contributed by atoms with van der Waals surface area (Å²) < 4.78 is 10.8. The molecule has 12 heavy (non-hydrogen) atoms. The Balaban J connectivity index is 3.61. The Morgan fingerprint density at radius 2 is 1.67 bits per heavy atom. The molecule has 0 aromatic rings. The smallest absolute Gasteiger partial charge is 0.136 e. The molecule has 0 aliphatic heterocycles. The quantitative estimate of drug-likeness (QED) is 0.360. The van der Waals surface area contributed by atoms with Crippen LogP contribution in [0.15, 0.2) is 0 Å². The minimum Gasteiger partial charge on any atom is -0.357 e. The van der Waals surface area contributed by atoms with E-state index in [-0.39, 0.29) is 5.91 Å². The van der Waals surface area contributed by atoms with E-state index < -0.39 is 9.52 Å². The Morgan fingerprint density at radius 3 is 2.00 bits per heavy atom. The minimum absolute atomic E-state index is 0.0162. The zero-order valence-corrected chi connectivity index (χ0v) is 10.3. The first-order chi connectivity index (χ1) is 5.74. The van der Waals surface area contributed by atoms with Crippen LogP contribution in [0.5, 0.6) is 0 Å². The zero-order chi connectivity index (χ0) is 9.40. The predicted octanol–water partition coefficient (Wildman–Crippen LogP) is 1.49. The molecule has 0 radical (unpaired) electrons. The monoisotopic (exact) mass is 210 g/mol. The molecule has 74 valence electrons. The van der Waals surface area contributed by atoms with Gasteiger partial charge in [-0.05, 0) is 20.3 Å². The van der Waals surface area contributed by atoms with Gasteiger partial charge < -0.3 is 9.47 Å². The van der Waals surface area contributed by atoms with E-state index in [0.717, 1.165) is 6.42 Å². The third-order valence-electron chi connectivity index (χ3n) is 1.60. The number of halogens is 1. The Bertz CT molecular complexity index is 97.1. The van der Waals surface area contributed by atoms with E-state index in [1.807, 2.05) is 13.8 Å². The predicted molar refractivity (Wildman–Crippen MR) is 55.5 cm³/mol. The van der Waals surface area contributed by atoms with Gasteiger partial charge in [-0.3, -0.25) is 0 Å². The van der Waals surface area contributed by atoms with Crippen molar-refractivity contribution in [1.29, 1.82) is 0 Å². The fraction of sp³-hybridized carbons (Fsp3) is 1.00. The zero-order valence-electron chi connectivity index (χ0n) is 8.18. The Labute approximate surface area is 82.4 Å². The van der Waals surface area contributed by atoms with Crippen LogP contribution in [0.4, 0.5) is 0 Å². The Morgan fingerprint density at radius 1 is 1.17 bits per heavy atom. The van der Waals surface area contributed by atoms with Crippen molar-refractivity contribution in [2.45, 2.75) is 38.1 Å². The van der Waals surface area contributed by atoms with Crippen LogP contribution < -0.4 is 0 Å². The molecule has 0 aromatic heterocycles. The van der Waals surface area contributed by atoms with E-state index in [4.69, 9.17) is 21.1 Å². The molecule has 0 amide bonds. The summed E-state index contributed by atoms with van der Waals surface area (Å²) in [7, 11) is -0.451. The maximum atomic E-state index is 6.03. The SMILES string of the molecule is CCOC(OCC)[SiH2]C(Cl)CC. The highest BCUT2D eigenvalue weighted by molar-refractivity contribution is 6.53. The second-order valence-electron chi connectivity index (χ2n) is 2.58. The third-order valence-corrected chi connectivity index (χ3v) is 4.38. The molecule has 0 aliphatic carbocycles. The average Bonchev–Trinajstić information content (AvgIpc) is 2.05. The molecule has 0 fully saturated rings. The molecule has 0 saturated carbocycles. The fourth-order valence-electron chi connectivity index (χ4n) is 0.931. The van der Waals surface area contributed by atoms with Crippen molar-refractivity contribution >= 4 is 21.1 Å². The largest absolute Gasteiger partial charge is 0.357 e. The van der Waals surface area contributed by atoms with Crippen LogP contribution in [-0.4, -0.2) is 33.6 Å². The van der Waals surface area contributed by atoms with Gasteiger partial charge in [0.2, 0.25) is 0 Å². The normalized spacial score (nSPS) is 14.8. The lowest BCUT2D eigenvalue weighted by atomic mass is 10.6. The van der Waals surface area contributed by atoms with Gasteiger partial charge in [0.25, 0.3) is 0 Å². The lowest BCUT2D eigenvalue weighted by Crippen LogP contribution is -2.30. The van der Waals surface area contributed by atoms with Crippen molar-refractivity contribution in [2.24, 2.45) is 0 Å². The van der Waals surface area contributed by atoms with Crippen LogP contribution in [0.2, 0.25) is 0 Å². The average molecular weight is 211 g/mol. The molecule has 0 saturated heterocycles. The van der Waals surface area contributed by atoms with Crippen molar-refractivity contribution in [3.05, 3.63) is 0 Å². The van der Waals surface area contributed by atoms with Crippen LogP contribution >= 0.6 is 11.6 Å². The maximum absolute atomic E-state index is 6.03. The summed E-state index contributed by atoms with van der Waals surface area (Å²) >= 11 is 6.03. The van der Waals surface area contributed by atoms with E-state index in [1.54, 1.807) is 0 Å². The second kappa shape index (κ2) is 8.04. The standard InChI is InChI=1S/C8H19ClO2Si/c1-4-7(9)12-8(10-5-2)11-6-3/h7-8H,4-6,12H2,1-3H3. The summed E-state index contributed by atoms with van der Waals surface area (Å²) in [6.45, 7) is 7.49. The Hall–Kier alpha value is 0.427. The van der Waals surface area contributed by atoms with Crippen molar-refractivity contribution in [1.82, 2.24) is 0 Å². The first-order valence-electron chi connectivity index (χ1n) is 4.61. The van der Waals surface area contributed by atoms with Crippen LogP contribution in [0.3, 0.4) is 0 Å². The minimum atomic E-state index is -0.451. The topological polar surface area (TPSA) is 18.5 Å². The van der Waals surface area contributed by atoms with Crippen molar-refractivity contribution in [3.8, 4) is 0 Å². The molecule has 0 aliphatic rings. The van der Waals surface area contributed by atoms with Crippen molar-refractivity contribution in [2.75, 3.05) is 13.2 Å². The number of rotatable bonds is 7. The number of hydrogen-bond donors (Lipinski definition) is 0. The molecule has 1 atom stereocenters.